The van der Waals surface area contributed by atoms with Crippen molar-refractivity contribution in [2.75, 3.05) is 0 Å². The Bertz CT molecular complexity index is 3200. The van der Waals surface area contributed by atoms with Crippen LogP contribution in [0.15, 0.2) is 0 Å². The van der Waals surface area contributed by atoms with E-state index in [1.54, 1.807) is 48.5 Å². The second kappa shape index (κ2) is 112. The van der Waals surface area contributed by atoms with Gasteiger partial charge in [-0.2, -0.15) is 0 Å². The average Bonchev–Trinajstić information content (AvgIpc) is 0.915. The minimum atomic E-state index is -1.14. The maximum absolute atomic E-state index is 12.3. The summed E-state index contributed by atoms with van der Waals surface area (Å²) in [5.41, 5.74) is 0. The van der Waals surface area contributed by atoms with E-state index in [0.29, 0.717) is 60.4 Å². The molecule has 4 N–H and O–H groups in total. The van der Waals surface area contributed by atoms with Gasteiger partial charge in [0.05, 0.1) is 23.7 Å². The number of Topliss-reactive ketones (excluding diaryl/α,β-unsaturated/α-hetero) is 14. The number of unbranched alkanes of at least 4 members (excludes halogenated alkanes) is 63. The standard InChI is InChI=1S/C30H50O8.C28H50O5.C24H42O5.C22H42O2.C18H34O2/c1-23(31)15-13-11-9-7-5-3-4-6-8-10-12-14-16-27(33)21-26(30(37)38)19-20-28(34)22-25(29(35)36)18-17-24(2)32;1-24(29)19-17-15-13-11-9-7-5-3-4-6-8-10-12-14-16-18-20-27(31)23-26(28(32)33)22-21-25(2)30;1-20(25)15-13-11-9-7-5-3-4-6-8-10-12-14-16-23(27)19-22(24(28)29)18-17-21(2)26;1-21(23)19-17-15-13-11-9-7-5-3-4-6-8-10-12-14-16-18-20-22(2)24;1-17(19)15-13-11-9-7-5-3-4-6-8-10-12-14-16-18(2)20/h25-26H,3-22H2,1-2H3,(H,35,36)(H,37,38);26H,3-23H2,1-2H3,(H,32,33);22H,3-19H2,1-2H3,(H,28,29);3-20H2,1-2H3;3-16H2,1-2H3/t25-,26-;26-;22-;;/m111../s1. The Kier molecular flexibility index (Phi) is 113. The third-order valence-electron chi connectivity index (χ3n) is 27.4. The van der Waals surface area contributed by atoms with Crippen LogP contribution in [-0.4, -0.2) is 125 Å². The molecule has 0 fully saturated rings. The predicted octanol–water partition coefficient (Wildman–Crippen LogP) is 33.0. The number of carbonyl (C=O) groups is 18. The zero-order valence-electron chi connectivity index (χ0n) is 94.1. The van der Waals surface area contributed by atoms with Gasteiger partial charge in [-0.15, -0.1) is 0 Å². The molecule has 0 rings (SSSR count). The maximum atomic E-state index is 12.3. The molecule has 0 saturated carbocycles. The van der Waals surface area contributed by atoms with E-state index in [9.17, 15) is 102 Å². The lowest BCUT2D eigenvalue weighted by atomic mass is 9.90. The normalized spacial score (nSPS) is 11.8. The first-order valence-electron chi connectivity index (χ1n) is 58.9. The van der Waals surface area contributed by atoms with Crippen LogP contribution in [0.1, 0.15) is 647 Å². The van der Waals surface area contributed by atoms with Crippen molar-refractivity contribution >= 4 is 105 Å². The number of hydrogen-bond acceptors (Lipinski definition) is 18. The molecular formula is C122H218O22. The van der Waals surface area contributed by atoms with E-state index in [2.05, 4.69) is 0 Å². The van der Waals surface area contributed by atoms with Crippen molar-refractivity contribution in [1.82, 2.24) is 0 Å². The number of hydrogen-bond donors (Lipinski definition) is 4. The summed E-state index contributed by atoms with van der Waals surface area (Å²) >= 11 is 0. The smallest absolute Gasteiger partial charge is 0.306 e. The third kappa shape index (κ3) is 128. The van der Waals surface area contributed by atoms with Crippen LogP contribution in [0.2, 0.25) is 0 Å². The molecule has 0 radical (unpaired) electrons. The van der Waals surface area contributed by atoms with Gasteiger partial charge in [-0.3, -0.25) is 38.4 Å². The molecule has 0 aliphatic rings. The van der Waals surface area contributed by atoms with Crippen LogP contribution in [0.4, 0.5) is 0 Å². The Morgan fingerprint density at radius 2 is 0.201 bits per heavy atom. The highest BCUT2D eigenvalue weighted by Crippen LogP contribution is 2.26. The van der Waals surface area contributed by atoms with E-state index in [0.717, 1.165) is 154 Å². The van der Waals surface area contributed by atoms with Crippen molar-refractivity contribution in [2.45, 2.75) is 647 Å². The summed E-state index contributed by atoms with van der Waals surface area (Å²) in [5, 5.41) is 37.0. The number of carboxylic acids is 4. The summed E-state index contributed by atoms with van der Waals surface area (Å²) in [6.45, 7) is 16.0. The van der Waals surface area contributed by atoms with E-state index in [-0.39, 0.29) is 123 Å². The highest BCUT2D eigenvalue weighted by molar-refractivity contribution is 5.88. The molecule has 0 spiro atoms. The average molecular weight is 2040 g/mol. The van der Waals surface area contributed by atoms with Crippen molar-refractivity contribution in [1.29, 1.82) is 0 Å². The van der Waals surface area contributed by atoms with Gasteiger partial charge in [0.25, 0.3) is 0 Å². The van der Waals surface area contributed by atoms with Gasteiger partial charge in [-0.05, 0) is 159 Å². The molecule has 22 heteroatoms. The topological polar surface area (TPSA) is 388 Å². The first-order valence-corrected chi connectivity index (χ1v) is 58.9. The van der Waals surface area contributed by atoms with Crippen LogP contribution < -0.4 is 0 Å². The maximum Gasteiger partial charge on any atom is 0.306 e. The molecule has 0 aromatic heterocycles. The molecule has 0 bridgehead atoms. The van der Waals surface area contributed by atoms with E-state index in [1.807, 2.05) is 0 Å². The van der Waals surface area contributed by atoms with E-state index >= 15 is 0 Å². The predicted molar refractivity (Wildman–Crippen MR) is 587 cm³/mol. The lowest BCUT2D eigenvalue weighted by Crippen LogP contribution is -2.22. The van der Waals surface area contributed by atoms with Gasteiger partial charge in [-0.1, -0.05) is 372 Å². The largest absolute Gasteiger partial charge is 0.481 e. The van der Waals surface area contributed by atoms with Crippen LogP contribution in [0.3, 0.4) is 0 Å². The SMILES string of the molecule is CC(=O)CCCCCCCCCCCCCCC(=O)C[C@@H](CCC(=O)C[C@@H](CCC(C)=O)C(=O)O)C(=O)O.CC(=O)CCCCCCCCCCCCCCC(=O)C[C@@H](CCC(C)=O)C(=O)O.CC(=O)CCCCCCCCCCCCCCC(C)=O.CC(=O)CCCCCCCCCCCCCCCCCCC(=O)C[C@@H](CCC(C)=O)C(=O)O.CC(=O)CCCCCCCCCCCCCCCCCCC(C)=O. The Balaban J connectivity index is -0.000000568. The Labute approximate surface area is 877 Å². The molecule has 144 heavy (non-hydrogen) atoms. The first kappa shape index (κ1) is 146. The molecule has 22 nitrogen and oxygen atoms in total. The van der Waals surface area contributed by atoms with Gasteiger partial charge in [0, 0.05) is 116 Å². The second-order valence-corrected chi connectivity index (χ2v) is 42.8. The van der Waals surface area contributed by atoms with E-state index < -0.39 is 47.5 Å². The summed E-state index contributed by atoms with van der Waals surface area (Å²) in [5.74, 6) is -5.99. The first-order chi connectivity index (χ1) is 68.9. The number of carboxylic acid groups (broad SMARTS) is 4. The summed E-state index contributed by atoms with van der Waals surface area (Å²) in [6.07, 6.45) is 90.7. The van der Waals surface area contributed by atoms with Gasteiger partial charge in [0.1, 0.15) is 81.0 Å². The van der Waals surface area contributed by atoms with Crippen molar-refractivity contribution in [2.24, 2.45) is 23.7 Å². The van der Waals surface area contributed by atoms with Crippen LogP contribution in [0.25, 0.3) is 0 Å². The van der Waals surface area contributed by atoms with Gasteiger partial charge >= 0.3 is 23.9 Å². The van der Waals surface area contributed by atoms with Crippen LogP contribution in [0.5, 0.6) is 0 Å². The van der Waals surface area contributed by atoms with Gasteiger partial charge in [0.15, 0.2) is 0 Å². The third-order valence-corrected chi connectivity index (χ3v) is 27.4. The zero-order valence-corrected chi connectivity index (χ0v) is 94.1. The van der Waals surface area contributed by atoms with Crippen LogP contribution in [0, 0.1) is 23.7 Å². The number of ketones is 14. The van der Waals surface area contributed by atoms with Crippen molar-refractivity contribution in [3.05, 3.63) is 0 Å². The number of carbonyl (C=O) groups excluding carboxylic acids is 14. The Hall–Kier alpha value is -6.74. The molecule has 0 saturated heterocycles. The van der Waals surface area contributed by atoms with Gasteiger partial charge < -0.3 is 68.4 Å². The molecule has 0 aliphatic carbocycles. The number of aliphatic carboxylic acids is 4. The molecule has 0 aromatic carbocycles. The fourth-order valence-corrected chi connectivity index (χ4v) is 18.1. The minimum Gasteiger partial charge on any atom is -0.481 e. The molecule has 0 aromatic rings. The zero-order chi connectivity index (χ0) is 108. The van der Waals surface area contributed by atoms with Gasteiger partial charge in [-0.25, -0.2) is 0 Å². The van der Waals surface area contributed by atoms with Gasteiger partial charge in [0.2, 0.25) is 0 Å². The molecule has 0 unspecified atom stereocenters. The van der Waals surface area contributed by atoms with Crippen molar-refractivity contribution in [3.8, 4) is 0 Å². The lowest BCUT2D eigenvalue weighted by molar-refractivity contribution is -0.145. The van der Waals surface area contributed by atoms with E-state index in [4.69, 9.17) is 5.11 Å². The molecule has 838 valence electrons. The summed E-state index contributed by atoms with van der Waals surface area (Å²) < 4.78 is 0. The molecule has 0 aliphatic heterocycles. The second-order valence-electron chi connectivity index (χ2n) is 42.8. The monoisotopic (exact) mass is 2040 g/mol. The van der Waals surface area contributed by atoms with Crippen LogP contribution >= 0.6 is 0 Å². The summed E-state index contributed by atoms with van der Waals surface area (Å²) in [7, 11) is 0. The fourth-order valence-electron chi connectivity index (χ4n) is 18.1. The summed E-state index contributed by atoms with van der Waals surface area (Å²) in [4.78, 5) is 203. The molecule has 0 heterocycles. The quantitative estimate of drug-likeness (QED) is 0.0411. The molecule has 4 atom stereocenters. The minimum absolute atomic E-state index is 0.00394. The summed E-state index contributed by atoms with van der Waals surface area (Å²) in [6, 6.07) is 0. The highest BCUT2D eigenvalue weighted by atomic mass is 16.4. The lowest BCUT2D eigenvalue weighted by Gasteiger charge is -2.13. The molecule has 0 amide bonds. The number of rotatable bonds is 107. The fraction of sp³-hybridized carbons (Fsp3) is 0.852. The highest BCUT2D eigenvalue weighted by Gasteiger charge is 2.27. The molecular weight excluding hydrogens is 1820 g/mol. The van der Waals surface area contributed by atoms with Crippen molar-refractivity contribution < 1.29 is 107 Å². The van der Waals surface area contributed by atoms with Crippen LogP contribution in [-0.2, 0) is 86.3 Å². The van der Waals surface area contributed by atoms with E-state index in [1.165, 1.54) is 342 Å². The Morgan fingerprint density at radius 3 is 0.299 bits per heavy atom. The Morgan fingerprint density at radius 1 is 0.118 bits per heavy atom. The van der Waals surface area contributed by atoms with Crippen molar-refractivity contribution in [3.63, 3.8) is 0 Å².